The number of nitrogens with two attached hydrogens (primary N) is 1. The Morgan fingerprint density at radius 1 is 1.11 bits per heavy atom. The molecule has 2 rings (SSSR count). The zero-order valence-electron chi connectivity index (χ0n) is 11.0. The highest BCUT2D eigenvalue weighted by Gasteiger charge is 2.05. The lowest BCUT2D eigenvalue weighted by atomic mass is 10.1. The number of pyridine rings is 1. The van der Waals surface area contributed by atoms with Crippen LogP contribution in [0.5, 0.6) is 0 Å². The van der Waals surface area contributed by atoms with Gasteiger partial charge < -0.3 is 10.6 Å². The number of hydrogen-bond acceptors (Lipinski definition) is 3. The molecule has 1 aromatic carbocycles. The van der Waals surface area contributed by atoms with Gasteiger partial charge in [0.1, 0.15) is 0 Å². The van der Waals surface area contributed by atoms with Crippen LogP contribution in [0.3, 0.4) is 0 Å². The lowest BCUT2D eigenvalue weighted by molar-refractivity contribution is 0.679. The highest BCUT2D eigenvalue weighted by Crippen LogP contribution is 2.24. The second kappa shape index (κ2) is 6.36. The van der Waals surface area contributed by atoms with E-state index in [1.54, 1.807) is 0 Å². The van der Waals surface area contributed by atoms with Crippen LogP contribution in [0.1, 0.15) is 19.3 Å². The van der Waals surface area contributed by atoms with Crippen molar-refractivity contribution in [3.05, 3.63) is 36.5 Å². The quantitative estimate of drug-likeness (QED) is 0.793. The summed E-state index contributed by atoms with van der Waals surface area (Å²) in [5, 5.41) is 1.22. The molecule has 0 saturated heterocycles. The van der Waals surface area contributed by atoms with Crippen LogP contribution in [0.15, 0.2) is 36.5 Å². The molecule has 0 aliphatic heterocycles. The number of fused-ring (bicyclic) bond motifs is 1. The first-order valence-electron chi connectivity index (χ1n) is 6.58. The van der Waals surface area contributed by atoms with Gasteiger partial charge in [0.15, 0.2) is 0 Å². The molecule has 18 heavy (non-hydrogen) atoms. The van der Waals surface area contributed by atoms with Crippen LogP contribution in [0.4, 0.5) is 5.69 Å². The minimum Gasteiger partial charge on any atom is -0.374 e. The van der Waals surface area contributed by atoms with Gasteiger partial charge in [-0.15, -0.1) is 0 Å². The monoisotopic (exact) mass is 243 g/mol. The van der Waals surface area contributed by atoms with E-state index in [0.29, 0.717) is 0 Å². The summed E-state index contributed by atoms with van der Waals surface area (Å²) >= 11 is 0. The molecule has 0 amide bonds. The van der Waals surface area contributed by atoms with E-state index in [-0.39, 0.29) is 0 Å². The van der Waals surface area contributed by atoms with E-state index < -0.39 is 0 Å². The first-order valence-corrected chi connectivity index (χ1v) is 6.58. The number of anilines is 1. The number of para-hydroxylation sites is 1. The summed E-state index contributed by atoms with van der Waals surface area (Å²) in [7, 11) is 2.14. The number of unbranched alkanes of at least 4 members (excludes halogenated alkanes) is 2. The maximum atomic E-state index is 5.51. The first kappa shape index (κ1) is 12.8. The van der Waals surface area contributed by atoms with Crippen molar-refractivity contribution in [1.29, 1.82) is 0 Å². The normalized spacial score (nSPS) is 10.8. The Morgan fingerprint density at radius 2 is 1.94 bits per heavy atom. The van der Waals surface area contributed by atoms with Crippen LogP contribution in [0, 0.1) is 0 Å². The summed E-state index contributed by atoms with van der Waals surface area (Å²) in [4.78, 5) is 6.70. The summed E-state index contributed by atoms with van der Waals surface area (Å²) < 4.78 is 0. The average molecular weight is 243 g/mol. The van der Waals surface area contributed by atoms with Crippen molar-refractivity contribution in [3.63, 3.8) is 0 Å². The molecule has 0 unspecified atom stereocenters. The number of benzene rings is 1. The van der Waals surface area contributed by atoms with Gasteiger partial charge in [0, 0.05) is 30.9 Å². The largest absolute Gasteiger partial charge is 0.374 e. The Labute approximate surface area is 109 Å². The molecule has 1 aromatic heterocycles. The van der Waals surface area contributed by atoms with Crippen molar-refractivity contribution in [3.8, 4) is 0 Å². The zero-order valence-corrected chi connectivity index (χ0v) is 11.0. The topological polar surface area (TPSA) is 42.1 Å². The fourth-order valence-electron chi connectivity index (χ4n) is 2.20. The smallest absolute Gasteiger partial charge is 0.0722 e. The molecule has 0 aliphatic rings. The van der Waals surface area contributed by atoms with Crippen LogP contribution >= 0.6 is 0 Å². The molecule has 0 atom stereocenters. The van der Waals surface area contributed by atoms with E-state index in [0.717, 1.165) is 25.0 Å². The van der Waals surface area contributed by atoms with Crippen molar-refractivity contribution in [2.45, 2.75) is 19.3 Å². The van der Waals surface area contributed by atoms with Gasteiger partial charge in [0.25, 0.3) is 0 Å². The van der Waals surface area contributed by atoms with Crippen molar-refractivity contribution in [2.75, 3.05) is 25.0 Å². The lowest BCUT2D eigenvalue weighted by Crippen LogP contribution is -2.19. The Morgan fingerprint density at radius 3 is 2.78 bits per heavy atom. The fourth-order valence-corrected chi connectivity index (χ4v) is 2.20. The number of hydrogen-bond donors (Lipinski definition) is 1. The van der Waals surface area contributed by atoms with Gasteiger partial charge in [-0.2, -0.15) is 0 Å². The van der Waals surface area contributed by atoms with E-state index in [4.69, 9.17) is 5.73 Å². The molecular weight excluding hydrogens is 222 g/mol. The van der Waals surface area contributed by atoms with E-state index in [1.807, 2.05) is 12.3 Å². The third-order valence-electron chi connectivity index (χ3n) is 3.23. The molecule has 0 aliphatic carbocycles. The molecule has 0 bridgehead atoms. The van der Waals surface area contributed by atoms with Crippen molar-refractivity contribution in [1.82, 2.24) is 4.98 Å². The Hall–Kier alpha value is -1.61. The molecule has 0 fully saturated rings. The van der Waals surface area contributed by atoms with Gasteiger partial charge in [-0.3, -0.25) is 4.98 Å². The highest BCUT2D eigenvalue weighted by molar-refractivity contribution is 5.91. The summed E-state index contributed by atoms with van der Waals surface area (Å²) in [6, 6.07) is 10.4. The van der Waals surface area contributed by atoms with Gasteiger partial charge in [-0.1, -0.05) is 24.6 Å². The maximum absolute atomic E-state index is 5.51. The van der Waals surface area contributed by atoms with E-state index >= 15 is 0 Å². The SMILES string of the molecule is CN(CCCCCN)c1ccnc2ccccc12. The highest BCUT2D eigenvalue weighted by atomic mass is 15.1. The second-order valence-electron chi connectivity index (χ2n) is 4.62. The number of nitrogens with zero attached hydrogens (tertiary/aromatic N) is 2. The second-order valence-corrected chi connectivity index (χ2v) is 4.62. The van der Waals surface area contributed by atoms with Crippen LogP contribution < -0.4 is 10.6 Å². The van der Waals surface area contributed by atoms with Crippen LogP contribution in [0.25, 0.3) is 10.9 Å². The van der Waals surface area contributed by atoms with Gasteiger partial charge in [0.2, 0.25) is 0 Å². The molecule has 0 radical (unpaired) electrons. The minimum absolute atomic E-state index is 0.794. The summed E-state index contributed by atoms with van der Waals surface area (Å²) in [6.07, 6.45) is 5.38. The van der Waals surface area contributed by atoms with Gasteiger partial charge in [-0.25, -0.2) is 0 Å². The third-order valence-corrected chi connectivity index (χ3v) is 3.23. The molecule has 2 aromatic rings. The predicted molar refractivity (Wildman–Crippen MR) is 77.9 cm³/mol. The summed E-state index contributed by atoms with van der Waals surface area (Å²) in [5.41, 5.74) is 7.83. The Bertz CT molecular complexity index is 491. The van der Waals surface area contributed by atoms with Crippen LogP contribution in [-0.2, 0) is 0 Å². The first-order chi connectivity index (χ1) is 8.83. The molecule has 0 saturated carbocycles. The molecule has 3 heteroatoms. The van der Waals surface area contributed by atoms with Crippen molar-refractivity contribution >= 4 is 16.6 Å². The predicted octanol–water partition coefficient (Wildman–Crippen LogP) is 2.80. The lowest BCUT2D eigenvalue weighted by Gasteiger charge is -2.20. The molecular formula is C15H21N3. The summed E-state index contributed by atoms with van der Waals surface area (Å²) in [5.74, 6) is 0. The third kappa shape index (κ3) is 2.99. The minimum atomic E-state index is 0.794. The fraction of sp³-hybridized carbons (Fsp3) is 0.400. The van der Waals surface area contributed by atoms with Gasteiger partial charge >= 0.3 is 0 Å². The average Bonchev–Trinajstić information content (AvgIpc) is 2.43. The molecule has 0 spiro atoms. The van der Waals surface area contributed by atoms with E-state index in [2.05, 4.69) is 41.2 Å². The molecule has 3 nitrogen and oxygen atoms in total. The Kier molecular flexibility index (Phi) is 4.53. The number of aromatic nitrogens is 1. The van der Waals surface area contributed by atoms with Crippen molar-refractivity contribution in [2.24, 2.45) is 5.73 Å². The Balaban J connectivity index is 2.10. The van der Waals surface area contributed by atoms with E-state index in [9.17, 15) is 0 Å². The zero-order chi connectivity index (χ0) is 12.8. The number of rotatable bonds is 6. The summed E-state index contributed by atoms with van der Waals surface area (Å²) in [6.45, 7) is 1.86. The van der Waals surface area contributed by atoms with Gasteiger partial charge in [0.05, 0.1) is 5.52 Å². The maximum Gasteiger partial charge on any atom is 0.0722 e. The van der Waals surface area contributed by atoms with E-state index in [1.165, 1.54) is 23.9 Å². The van der Waals surface area contributed by atoms with Crippen LogP contribution in [0.2, 0.25) is 0 Å². The molecule has 2 N–H and O–H groups in total. The molecule has 96 valence electrons. The van der Waals surface area contributed by atoms with Gasteiger partial charge in [-0.05, 0) is 31.5 Å². The molecule has 1 heterocycles. The van der Waals surface area contributed by atoms with Crippen LogP contribution in [-0.4, -0.2) is 25.1 Å². The standard InChI is InChI=1S/C15H21N3/c1-18(12-6-2-5-10-16)15-9-11-17-14-8-4-3-7-13(14)15/h3-4,7-9,11H,2,5-6,10,12,16H2,1H3. The van der Waals surface area contributed by atoms with Crippen molar-refractivity contribution < 1.29 is 0 Å².